The molecule has 156 valence electrons. The lowest BCUT2D eigenvalue weighted by Crippen LogP contribution is -2.44. The maximum absolute atomic E-state index is 12.4. The monoisotopic (exact) mass is 410 g/mol. The Morgan fingerprint density at radius 3 is 2.60 bits per heavy atom. The summed E-state index contributed by atoms with van der Waals surface area (Å²) in [5.41, 5.74) is 5.09. The predicted octanol–water partition coefficient (Wildman–Crippen LogP) is 1.65. The van der Waals surface area contributed by atoms with Crippen LogP contribution in [0.15, 0.2) is 53.6 Å². The van der Waals surface area contributed by atoms with Crippen molar-refractivity contribution in [3.63, 3.8) is 0 Å². The summed E-state index contributed by atoms with van der Waals surface area (Å²) in [4.78, 5) is 41.1. The van der Waals surface area contributed by atoms with Gasteiger partial charge in [-0.3, -0.25) is 29.8 Å². The number of hydrazine groups is 1. The molecule has 2 aromatic carbocycles. The van der Waals surface area contributed by atoms with Crippen LogP contribution in [0.1, 0.15) is 24.2 Å². The summed E-state index contributed by atoms with van der Waals surface area (Å²) in [6, 6.07) is 11.5. The van der Waals surface area contributed by atoms with Gasteiger partial charge in [-0.05, 0) is 44.2 Å². The van der Waals surface area contributed by atoms with Gasteiger partial charge in [-0.25, -0.2) is 4.98 Å². The highest BCUT2D eigenvalue weighted by atomic mass is 16.5. The molecular weight excluding hydrogens is 388 g/mol. The topological polar surface area (TPSA) is 112 Å². The maximum Gasteiger partial charge on any atom is 0.269 e. The maximum atomic E-state index is 12.4. The average molecular weight is 410 g/mol. The Hall–Kier alpha value is -3.88. The summed E-state index contributed by atoms with van der Waals surface area (Å²) in [5, 5.41) is 0.410. The zero-order valence-electron chi connectivity index (χ0n) is 16.8. The second kappa shape index (κ2) is 9.08. The third kappa shape index (κ3) is 4.75. The fraction of sp³-hybridized carbons (Fsp3) is 0.238. The molecule has 0 spiro atoms. The van der Waals surface area contributed by atoms with Crippen LogP contribution in [0.25, 0.3) is 10.9 Å². The van der Waals surface area contributed by atoms with Crippen LogP contribution in [0.2, 0.25) is 0 Å². The van der Waals surface area contributed by atoms with Crippen molar-refractivity contribution < 1.29 is 19.1 Å². The zero-order chi connectivity index (χ0) is 21.7. The van der Waals surface area contributed by atoms with Crippen molar-refractivity contribution >= 4 is 22.7 Å². The number of methoxy groups -OCH3 is 1. The van der Waals surface area contributed by atoms with E-state index >= 15 is 0 Å². The van der Waals surface area contributed by atoms with E-state index in [0.29, 0.717) is 22.4 Å². The highest BCUT2D eigenvalue weighted by Gasteiger charge is 2.14. The van der Waals surface area contributed by atoms with Crippen molar-refractivity contribution in [1.82, 2.24) is 20.4 Å². The quantitative estimate of drug-likeness (QED) is 0.598. The van der Waals surface area contributed by atoms with E-state index in [2.05, 4.69) is 15.8 Å². The van der Waals surface area contributed by atoms with Crippen molar-refractivity contribution in [2.24, 2.45) is 0 Å². The molecule has 2 N–H and O–H groups in total. The van der Waals surface area contributed by atoms with Gasteiger partial charge < -0.3 is 9.47 Å². The summed E-state index contributed by atoms with van der Waals surface area (Å²) < 4.78 is 12.0. The van der Waals surface area contributed by atoms with Gasteiger partial charge in [-0.2, -0.15) is 0 Å². The van der Waals surface area contributed by atoms with Gasteiger partial charge in [0.2, 0.25) is 0 Å². The molecule has 9 heteroatoms. The van der Waals surface area contributed by atoms with Crippen LogP contribution in [0, 0.1) is 0 Å². The molecule has 0 saturated carbocycles. The second-order valence-electron chi connectivity index (χ2n) is 6.73. The first kappa shape index (κ1) is 20.8. The Labute approximate surface area is 172 Å². The van der Waals surface area contributed by atoms with Crippen LogP contribution in [0.4, 0.5) is 0 Å². The molecule has 0 unspecified atom stereocenters. The van der Waals surface area contributed by atoms with E-state index in [1.54, 1.807) is 36.4 Å². The number of amides is 2. The van der Waals surface area contributed by atoms with Gasteiger partial charge in [0.05, 0.1) is 30.4 Å². The van der Waals surface area contributed by atoms with E-state index in [9.17, 15) is 14.4 Å². The molecule has 0 aliphatic heterocycles. The SMILES string of the molecule is COc1cc(C(=O)NNC(=O)Cn2cnc3ccccc3c2=O)ccc1OC(C)C. The van der Waals surface area contributed by atoms with E-state index in [0.717, 1.165) is 0 Å². The molecule has 9 nitrogen and oxygen atoms in total. The molecule has 0 bridgehead atoms. The first-order chi connectivity index (χ1) is 14.4. The summed E-state index contributed by atoms with van der Waals surface area (Å²) in [5.74, 6) is -0.205. The number of para-hydroxylation sites is 1. The predicted molar refractivity (Wildman–Crippen MR) is 110 cm³/mol. The van der Waals surface area contributed by atoms with E-state index in [4.69, 9.17) is 9.47 Å². The van der Waals surface area contributed by atoms with Gasteiger partial charge in [0, 0.05) is 5.56 Å². The smallest absolute Gasteiger partial charge is 0.269 e. The van der Waals surface area contributed by atoms with E-state index in [1.165, 1.54) is 24.1 Å². The number of ether oxygens (including phenoxy) is 2. The Morgan fingerprint density at radius 2 is 1.87 bits per heavy atom. The number of hydrogen-bond donors (Lipinski definition) is 2. The van der Waals surface area contributed by atoms with E-state index in [-0.39, 0.29) is 23.8 Å². The standard InChI is InChI=1S/C21H22N4O5/c1-13(2)30-17-9-8-14(10-18(17)29-3)20(27)24-23-19(26)11-25-12-22-16-7-5-4-6-15(16)21(25)28/h4-10,12-13H,11H2,1-3H3,(H,23,26)(H,24,27). The Kier molecular flexibility index (Phi) is 6.31. The minimum Gasteiger partial charge on any atom is -0.493 e. The molecule has 1 aromatic heterocycles. The van der Waals surface area contributed by atoms with Gasteiger partial charge >= 0.3 is 0 Å². The molecule has 0 aliphatic carbocycles. The number of carbonyl (C=O) groups is 2. The minimum absolute atomic E-state index is 0.0501. The minimum atomic E-state index is -0.575. The van der Waals surface area contributed by atoms with Crippen molar-refractivity contribution in [1.29, 1.82) is 0 Å². The number of nitrogens with one attached hydrogen (secondary N) is 2. The molecule has 0 aliphatic rings. The zero-order valence-corrected chi connectivity index (χ0v) is 16.8. The van der Waals surface area contributed by atoms with Gasteiger partial charge in [0.25, 0.3) is 17.4 Å². The Morgan fingerprint density at radius 1 is 1.10 bits per heavy atom. The lowest BCUT2D eigenvalue weighted by Gasteiger charge is -2.14. The second-order valence-corrected chi connectivity index (χ2v) is 6.73. The number of aromatic nitrogens is 2. The van der Waals surface area contributed by atoms with Crippen molar-refractivity contribution in [3.8, 4) is 11.5 Å². The first-order valence-electron chi connectivity index (χ1n) is 9.27. The van der Waals surface area contributed by atoms with Crippen LogP contribution in [-0.2, 0) is 11.3 Å². The Bertz CT molecular complexity index is 1140. The summed E-state index contributed by atoms with van der Waals surface area (Å²) >= 11 is 0. The summed E-state index contributed by atoms with van der Waals surface area (Å²) in [7, 11) is 1.47. The average Bonchev–Trinajstić information content (AvgIpc) is 2.74. The third-order valence-corrected chi connectivity index (χ3v) is 4.15. The molecule has 0 fully saturated rings. The van der Waals surface area contributed by atoms with Crippen molar-refractivity contribution in [2.45, 2.75) is 26.5 Å². The normalized spacial score (nSPS) is 10.7. The van der Waals surface area contributed by atoms with Crippen molar-refractivity contribution in [3.05, 3.63) is 64.7 Å². The highest BCUT2D eigenvalue weighted by molar-refractivity contribution is 5.96. The summed E-state index contributed by atoms with van der Waals surface area (Å²) in [6.45, 7) is 3.47. The molecule has 1 heterocycles. The number of hydrogen-bond acceptors (Lipinski definition) is 6. The number of nitrogens with zero attached hydrogens (tertiary/aromatic N) is 2. The van der Waals surface area contributed by atoms with Gasteiger partial charge in [0.15, 0.2) is 11.5 Å². The fourth-order valence-corrected chi connectivity index (χ4v) is 2.77. The third-order valence-electron chi connectivity index (χ3n) is 4.15. The molecule has 30 heavy (non-hydrogen) atoms. The lowest BCUT2D eigenvalue weighted by atomic mass is 10.2. The number of benzene rings is 2. The molecular formula is C21H22N4O5. The molecule has 3 aromatic rings. The molecule has 2 amide bonds. The Balaban J connectivity index is 1.64. The van der Waals surface area contributed by atoms with E-state index in [1.807, 2.05) is 13.8 Å². The number of fused-ring (bicyclic) bond motifs is 1. The highest BCUT2D eigenvalue weighted by Crippen LogP contribution is 2.28. The van der Waals surface area contributed by atoms with Gasteiger partial charge in [-0.15, -0.1) is 0 Å². The largest absolute Gasteiger partial charge is 0.493 e. The van der Waals surface area contributed by atoms with Crippen LogP contribution < -0.4 is 25.9 Å². The molecule has 3 rings (SSSR count). The lowest BCUT2D eigenvalue weighted by molar-refractivity contribution is -0.122. The molecule has 0 saturated heterocycles. The van der Waals surface area contributed by atoms with Crippen LogP contribution in [0.5, 0.6) is 11.5 Å². The fourth-order valence-electron chi connectivity index (χ4n) is 2.77. The van der Waals surface area contributed by atoms with Crippen LogP contribution >= 0.6 is 0 Å². The molecule has 0 atom stereocenters. The van der Waals surface area contributed by atoms with E-state index < -0.39 is 11.8 Å². The number of carbonyl (C=O) groups excluding carboxylic acids is 2. The van der Waals surface area contributed by atoms with Gasteiger partial charge in [-0.1, -0.05) is 12.1 Å². The van der Waals surface area contributed by atoms with Gasteiger partial charge in [0.1, 0.15) is 6.54 Å². The van der Waals surface area contributed by atoms with Crippen molar-refractivity contribution in [2.75, 3.05) is 7.11 Å². The summed E-state index contributed by atoms with van der Waals surface area (Å²) in [6.07, 6.45) is 1.25. The molecule has 0 radical (unpaired) electrons. The van der Waals surface area contributed by atoms with Crippen LogP contribution in [-0.4, -0.2) is 34.6 Å². The van der Waals surface area contributed by atoms with Crippen LogP contribution in [0.3, 0.4) is 0 Å². The number of rotatable bonds is 6. The first-order valence-corrected chi connectivity index (χ1v) is 9.27.